The van der Waals surface area contributed by atoms with E-state index in [4.69, 9.17) is 9.47 Å². The number of fused-ring (bicyclic) bond motifs is 1. The fraction of sp³-hybridized carbons (Fsp3) is 0.600. The standard InChI is InChI=1S/C20H28N2O4/c1-14(15-8-6-5-7-9-15)22-13-20(21-18(24)26-19(2,3)4)10-11-25-12-16(20)17(22)23/h5-9,14,16H,10-13H2,1-4H3,(H,21,24)/t14?,16?,20-/m1/s1. The van der Waals surface area contributed by atoms with Gasteiger partial charge in [0, 0.05) is 13.2 Å². The van der Waals surface area contributed by atoms with E-state index in [1.807, 2.05) is 62.9 Å². The van der Waals surface area contributed by atoms with E-state index in [0.29, 0.717) is 26.2 Å². The first-order valence-electron chi connectivity index (χ1n) is 9.16. The number of amides is 2. The Kier molecular flexibility index (Phi) is 4.97. The second kappa shape index (κ2) is 6.91. The van der Waals surface area contributed by atoms with Gasteiger partial charge in [-0.1, -0.05) is 30.3 Å². The number of benzene rings is 1. The fourth-order valence-electron chi connectivity index (χ4n) is 3.80. The molecule has 6 heteroatoms. The molecule has 2 aliphatic heterocycles. The quantitative estimate of drug-likeness (QED) is 0.900. The summed E-state index contributed by atoms with van der Waals surface area (Å²) in [4.78, 5) is 27.3. The van der Waals surface area contributed by atoms with Crippen LogP contribution < -0.4 is 5.32 Å². The third-order valence-electron chi connectivity index (χ3n) is 5.18. The van der Waals surface area contributed by atoms with Gasteiger partial charge in [-0.15, -0.1) is 0 Å². The molecule has 0 bridgehead atoms. The van der Waals surface area contributed by atoms with Crippen molar-refractivity contribution in [1.29, 1.82) is 0 Å². The summed E-state index contributed by atoms with van der Waals surface area (Å²) in [6, 6.07) is 9.87. The highest BCUT2D eigenvalue weighted by molar-refractivity contribution is 5.85. The SMILES string of the molecule is CC(c1ccccc1)N1C[C@]2(NC(=O)OC(C)(C)C)CCOCC2C1=O. The van der Waals surface area contributed by atoms with Crippen molar-refractivity contribution in [3.63, 3.8) is 0 Å². The smallest absolute Gasteiger partial charge is 0.408 e. The zero-order chi connectivity index (χ0) is 18.9. The maximum Gasteiger partial charge on any atom is 0.408 e. The van der Waals surface area contributed by atoms with Gasteiger partial charge in [0.2, 0.25) is 5.91 Å². The molecule has 3 rings (SSSR count). The van der Waals surface area contributed by atoms with E-state index in [1.54, 1.807) is 0 Å². The van der Waals surface area contributed by atoms with Gasteiger partial charge >= 0.3 is 6.09 Å². The van der Waals surface area contributed by atoms with Crippen LogP contribution in [0.25, 0.3) is 0 Å². The summed E-state index contributed by atoms with van der Waals surface area (Å²) in [7, 11) is 0. The topological polar surface area (TPSA) is 67.9 Å². The molecule has 0 aliphatic carbocycles. The van der Waals surface area contributed by atoms with Crippen LogP contribution >= 0.6 is 0 Å². The average Bonchev–Trinajstić information content (AvgIpc) is 2.86. The van der Waals surface area contributed by atoms with Gasteiger partial charge in [-0.05, 0) is 39.7 Å². The molecule has 2 saturated heterocycles. The van der Waals surface area contributed by atoms with Crippen molar-refractivity contribution in [2.24, 2.45) is 5.92 Å². The van der Waals surface area contributed by atoms with Gasteiger partial charge in [-0.2, -0.15) is 0 Å². The van der Waals surface area contributed by atoms with Crippen LogP contribution in [-0.4, -0.2) is 47.8 Å². The minimum atomic E-state index is -0.638. The Labute approximate surface area is 154 Å². The molecule has 0 aromatic heterocycles. The number of nitrogens with zero attached hydrogens (tertiary/aromatic N) is 1. The Bertz CT molecular complexity index is 670. The number of hydrogen-bond donors (Lipinski definition) is 1. The van der Waals surface area contributed by atoms with Crippen LogP contribution in [0.1, 0.15) is 45.7 Å². The Morgan fingerprint density at radius 2 is 2.04 bits per heavy atom. The molecule has 2 unspecified atom stereocenters. The second-order valence-corrected chi connectivity index (χ2v) is 8.21. The van der Waals surface area contributed by atoms with Gasteiger partial charge < -0.3 is 19.7 Å². The van der Waals surface area contributed by atoms with Crippen LogP contribution in [0.4, 0.5) is 4.79 Å². The number of ether oxygens (including phenoxy) is 2. The Morgan fingerprint density at radius 1 is 1.35 bits per heavy atom. The van der Waals surface area contributed by atoms with Crippen molar-refractivity contribution in [3.8, 4) is 0 Å². The van der Waals surface area contributed by atoms with Crippen molar-refractivity contribution < 1.29 is 19.1 Å². The van der Waals surface area contributed by atoms with Crippen LogP contribution in [0.15, 0.2) is 30.3 Å². The molecule has 2 amide bonds. The first-order valence-corrected chi connectivity index (χ1v) is 9.16. The molecular weight excluding hydrogens is 332 g/mol. The van der Waals surface area contributed by atoms with Gasteiger partial charge in [-0.3, -0.25) is 4.79 Å². The lowest BCUT2D eigenvalue weighted by Gasteiger charge is -2.38. The van der Waals surface area contributed by atoms with E-state index in [0.717, 1.165) is 5.56 Å². The van der Waals surface area contributed by atoms with E-state index >= 15 is 0 Å². The minimum Gasteiger partial charge on any atom is -0.444 e. The summed E-state index contributed by atoms with van der Waals surface area (Å²) in [5.74, 6) is -0.355. The fourth-order valence-corrected chi connectivity index (χ4v) is 3.80. The summed E-state index contributed by atoms with van der Waals surface area (Å²) in [6.07, 6.45) is 0.118. The largest absolute Gasteiger partial charge is 0.444 e. The van der Waals surface area contributed by atoms with Crippen LogP contribution in [0.3, 0.4) is 0 Å². The third-order valence-corrected chi connectivity index (χ3v) is 5.18. The van der Waals surface area contributed by atoms with Crippen LogP contribution in [0, 0.1) is 5.92 Å². The van der Waals surface area contributed by atoms with E-state index < -0.39 is 17.2 Å². The summed E-state index contributed by atoms with van der Waals surface area (Å²) >= 11 is 0. The summed E-state index contributed by atoms with van der Waals surface area (Å²) in [5, 5.41) is 3.01. The summed E-state index contributed by atoms with van der Waals surface area (Å²) < 4.78 is 11.0. The lowest BCUT2D eigenvalue weighted by molar-refractivity contribution is -0.136. The molecule has 1 aromatic carbocycles. The Morgan fingerprint density at radius 3 is 2.69 bits per heavy atom. The van der Waals surface area contributed by atoms with E-state index in [9.17, 15) is 9.59 Å². The highest BCUT2D eigenvalue weighted by atomic mass is 16.6. The number of carbonyl (C=O) groups is 2. The first kappa shape index (κ1) is 18.7. The van der Waals surface area contributed by atoms with Crippen molar-refractivity contribution in [2.45, 2.75) is 51.3 Å². The zero-order valence-corrected chi connectivity index (χ0v) is 16.0. The Balaban J connectivity index is 1.82. The highest BCUT2D eigenvalue weighted by Gasteiger charge is 2.56. The van der Waals surface area contributed by atoms with Crippen LogP contribution in [0.2, 0.25) is 0 Å². The number of hydrogen-bond acceptors (Lipinski definition) is 4. The van der Waals surface area contributed by atoms with E-state index in [-0.39, 0.29) is 17.9 Å². The molecule has 6 nitrogen and oxygen atoms in total. The predicted octanol–water partition coefficient (Wildman–Crippen LogP) is 2.89. The predicted molar refractivity (Wildman–Crippen MR) is 97.6 cm³/mol. The molecule has 2 heterocycles. The van der Waals surface area contributed by atoms with Crippen LogP contribution in [0.5, 0.6) is 0 Å². The molecule has 0 spiro atoms. The van der Waals surface area contributed by atoms with Crippen molar-refractivity contribution in [3.05, 3.63) is 35.9 Å². The van der Waals surface area contributed by atoms with Crippen molar-refractivity contribution >= 4 is 12.0 Å². The average molecular weight is 360 g/mol. The summed E-state index contributed by atoms with van der Waals surface area (Å²) in [6.45, 7) is 8.82. The molecule has 2 fully saturated rings. The lowest BCUT2D eigenvalue weighted by atomic mass is 9.83. The maximum absolute atomic E-state index is 13.1. The number of carbonyl (C=O) groups excluding carboxylic acids is 2. The molecule has 142 valence electrons. The zero-order valence-electron chi connectivity index (χ0n) is 16.0. The lowest BCUT2D eigenvalue weighted by Crippen LogP contribution is -2.59. The van der Waals surface area contributed by atoms with Crippen molar-refractivity contribution in [1.82, 2.24) is 10.2 Å². The minimum absolute atomic E-state index is 0.0251. The molecule has 0 radical (unpaired) electrons. The molecule has 1 aromatic rings. The number of rotatable bonds is 3. The number of nitrogens with one attached hydrogen (secondary N) is 1. The van der Waals surface area contributed by atoms with Crippen molar-refractivity contribution in [2.75, 3.05) is 19.8 Å². The van der Waals surface area contributed by atoms with Gasteiger partial charge in [0.1, 0.15) is 5.60 Å². The first-order chi connectivity index (χ1) is 12.2. The van der Waals surface area contributed by atoms with Gasteiger partial charge in [0.05, 0.1) is 24.1 Å². The normalized spacial score (nSPS) is 27.0. The van der Waals surface area contributed by atoms with Gasteiger partial charge in [-0.25, -0.2) is 4.79 Å². The molecule has 0 saturated carbocycles. The second-order valence-electron chi connectivity index (χ2n) is 8.21. The number of likely N-dealkylation sites (tertiary alicyclic amines) is 1. The molecule has 26 heavy (non-hydrogen) atoms. The van der Waals surface area contributed by atoms with Gasteiger partial charge in [0.25, 0.3) is 0 Å². The van der Waals surface area contributed by atoms with Crippen LogP contribution in [-0.2, 0) is 14.3 Å². The molecule has 1 N–H and O–H groups in total. The summed E-state index contributed by atoms with van der Waals surface area (Å²) in [5.41, 5.74) is -0.144. The van der Waals surface area contributed by atoms with Gasteiger partial charge in [0.15, 0.2) is 0 Å². The van der Waals surface area contributed by atoms with E-state index in [1.165, 1.54) is 0 Å². The van der Waals surface area contributed by atoms with E-state index in [2.05, 4.69) is 5.32 Å². The Hall–Kier alpha value is -2.08. The molecular formula is C20H28N2O4. The molecule has 2 aliphatic rings. The molecule has 3 atom stereocenters. The monoisotopic (exact) mass is 360 g/mol. The number of alkyl carbamates (subject to hydrolysis) is 1. The third kappa shape index (κ3) is 3.70. The maximum atomic E-state index is 13.1. The highest BCUT2D eigenvalue weighted by Crippen LogP contribution is 2.39.